The Balaban J connectivity index is 1.19. The first-order valence-electron chi connectivity index (χ1n) is 13.6. The monoisotopic (exact) mass is 511 g/mol. The number of amides is 3. The number of fused-ring (bicyclic) bond motifs is 3. The summed E-state index contributed by atoms with van der Waals surface area (Å²) in [5.41, 5.74) is 4.98. The van der Waals surface area contributed by atoms with E-state index in [9.17, 15) is 9.59 Å². The quantitative estimate of drug-likeness (QED) is 0.676. The molecule has 194 valence electrons. The van der Waals surface area contributed by atoms with Crippen LogP contribution in [0.3, 0.4) is 0 Å². The third-order valence-corrected chi connectivity index (χ3v) is 9.23. The Bertz CT molecular complexity index is 1150. The van der Waals surface area contributed by atoms with Gasteiger partial charge in [0.1, 0.15) is 0 Å². The molecule has 0 atom stereocenters. The Morgan fingerprint density at radius 2 is 1.67 bits per heavy atom. The van der Waals surface area contributed by atoms with Gasteiger partial charge in [0.2, 0.25) is 5.91 Å². The Labute approximate surface area is 216 Å². The summed E-state index contributed by atoms with van der Waals surface area (Å²) in [5.74, 6) is 0.506. The van der Waals surface area contributed by atoms with E-state index in [1.165, 1.54) is 41.6 Å². The highest BCUT2D eigenvalue weighted by Crippen LogP contribution is 2.48. The van der Waals surface area contributed by atoms with Crippen molar-refractivity contribution in [1.29, 1.82) is 0 Å². The van der Waals surface area contributed by atoms with Gasteiger partial charge in [-0.1, -0.05) is 11.3 Å². The molecule has 2 aromatic heterocycles. The molecule has 3 fully saturated rings. The van der Waals surface area contributed by atoms with Crippen molar-refractivity contribution in [3.63, 3.8) is 0 Å². The first-order chi connectivity index (χ1) is 17.4. The van der Waals surface area contributed by atoms with Gasteiger partial charge >= 0.3 is 6.03 Å². The highest BCUT2D eigenvalue weighted by molar-refractivity contribution is 7.19. The molecule has 36 heavy (non-hydrogen) atoms. The normalized spacial score (nSPS) is 21.0. The van der Waals surface area contributed by atoms with Crippen LogP contribution < -0.4 is 5.32 Å². The van der Waals surface area contributed by atoms with E-state index in [2.05, 4.69) is 28.7 Å². The van der Waals surface area contributed by atoms with Gasteiger partial charge in [-0.05, 0) is 52.4 Å². The second-order valence-electron chi connectivity index (χ2n) is 11.0. The van der Waals surface area contributed by atoms with Crippen LogP contribution in [-0.2, 0) is 17.6 Å². The Hall–Kier alpha value is -2.46. The summed E-state index contributed by atoms with van der Waals surface area (Å²) < 4.78 is 2.28. The first kappa shape index (κ1) is 23.9. The average molecular weight is 512 g/mol. The number of carbonyl (C=O) groups excluding carboxylic acids is 2. The molecular formula is C26H37N7O2S. The zero-order valence-electron chi connectivity index (χ0n) is 21.6. The standard InChI is InChI=1S/C26H37N7O2S/c1-16(2)30-12-14-32(15-13-30)26(35)31-10-8-19(9-11-31)33-23-20(22(29-33)18-4-5-18)6-7-21-24(23)36-25(28-21)27-17(3)34/h16,18-19H,4-15H2,1-3H3,(H,27,28,34). The lowest BCUT2D eigenvalue weighted by Crippen LogP contribution is -2.55. The molecule has 10 heteroatoms. The van der Waals surface area contributed by atoms with E-state index in [1.807, 2.05) is 9.80 Å². The number of urea groups is 1. The molecule has 0 aromatic carbocycles. The van der Waals surface area contributed by atoms with Crippen LogP contribution >= 0.6 is 11.3 Å². The van der Waals surface area contributed by atoms with Crippen LogP contribution in [0.25, 0.3) is 10.6 Å². The van der Waals surface area contributed by atoms with Crippen LogP contribution in [-0.4, -0.2) is 86.7 Å². The molecule has 4 heterocycles. The molecule has 0 bridgehead atoms. The molecule has 4 aliphatic rings. The van der Waals surface area contributed by atoms with Crippen LogP contribution in [0.1, 0.15) is 75.4 Å². The van der Waals surface area contributed by atoms with Crippen LogP contribution in [0.15, 0.2) is 0 Å². The van der Waals surface area contributed by atoms with Crippen molar-refractivity contribution in [2.24, 2.45) is 0 Å². The van der Waals surface area contributed by atoms with E-state index in [-0.39, 0.29) is 18.0 Å². The lowest BCUT2D eigenvalue weighted by atomic mass is 9.95. The molecule has 0 unspecified atom stereocenters. The Kier molecular flexibility index (Phi) is 6.27. The lowest BCUT2D eigenvalue weighted by molar-refractivity contribution is -0.114. The van der Waals surface area contributed by atoms with Crippen molar-refractivity contribution in [1.82, 2.24) is 29.5 Å². The van der Waals surface area contributed by atoms with Gasteiger partial charge < -0.3 is 15.1 Å². The van der Waals surface area contributed by atoms with E-state index in [1.54, 1.807) is 11.3 Å². The number of hydrogen-bond acceptors (Lipinski definition) is 6. The number of likely N-dealkylation sites (tertiary alicyclic amines) is 1. The predicted octanol–water partition coefficient (Wildman–Crippen LogP) is 3.72. The number of hydrogen-bond donors (Lipinski definition) is 1. The average Bonchev–Trinajstić information content (AvgIpc) is 3.52. The minimum Gasteiger partial charge on any atom is -0.324 e. The van der Waals surface area contributed by atoms with Gasteiger partial charge in [0.05, 0.1) is 28.0 Å². The fraction of sp³-hybridized carbons (Fsp3) is 0.692. The number of piperazine rings is 1. The lowest BCUT2D eigenvalue weighted by Gasteiger charge is -2.41. The number of piperidine rings is 1. The summed E-state index contributed by atoms with van der Waals surface area (Å²) >= 11 is 1.58. The summed E-state index contributed by atoms with van der Waals surface area (Å²) in [5, 5.41) is 8.78. The molecule has 2 aliphatic carbocycles. The highest BCUT2D eigenvalue weighted by atomic mass is 32.1. The van der Waals surface area contributed by atoms with Crippen molar-refractivity contribution in [2.45, 2.75) is 77.3 Å². The molecule has 2 aromatic rings. The number of nitrogens with one attached hydrogen (secondary N) is 1. The van der Waals surface area contributed by atoms with Crippen molar-refractivity contribution < 1.29 is 9.59 Å². The summed E-state index contributed by atoms with van der Waals surface area (Å²) in [4.78, 5) is 37.3. The molecule has 0 spiro atoms. The molecule has 1 N–H and O–H groups in total. The van der Waals surface area contributed by atoms with E-state index >= 15 is 0 Å². The topological polar surface area (TPSA) is 86.6 Å². The number of aryl methyl sites for hydroxylation is 1. The maximum Gasteiger partial charge on any atom is 0.320 e. The van der Waals surface area contributed by atoms with Crippen molar-refractivity contribution in [3.8, 4) is 10.6 Å². The van der Waals surface area contributed by atoms with Gasteiger partial charge in [-0.15, -0.1) is 0 Å². The van der Waals surface area contributed by atoms with Gasteiger partial charge in [0.25, 0.3) is 0 Å². The van der Waals surface area contributed by atoms with E-state index in [0.717, 1.165) is 70.6 Å². The number of thiazole rings is 1. The third kappa shape index (κ3) is 4.42. The number of carbonyl (C=O) groups is 2. The summed E-state index contributed by atoms with van der Waals surface area (Å²) in [6.45, 7) is 11.1. The molecule has 3 amide bonds. The number of anilines is 1. The second kappa shape index (κ2) is 9.45. The van der Waals surface area contributed by atoms with Gasteiger partial charge in [0, 0.05) is 63.7 Å². The summed E-state index contributed by atoms with van der Waals surface area (Å²) in [6, 6.07) is 1.01. The maximum absolute atomic E-state index is 13.2. The molecule has 2 aliphatic heterocycles. The molecule has 1 saturated carbocycles. The zero-order chi connectivity index (χ0) is 25.0. The Morgan fingerprint density at radius 3 is 2.31 bits per heavy atom. The van der Waals surface area contributed by atoms with E-state index in [0.29, 0.717) is 17.1 Å². The number of rotatable bonds is 4. The zero-order valence-corrected chi connectivity index (χ0v) is 22.4. The first-order valence-corrected chi connectivity index (χ1v) is 14.4. The predicted molar refractivity (Wildman–Crippen MR) is 141 cm³/mol. The molecule has 0 radical (unpaired) electrons. The van der Waals surface area contributed by atoms with Crippen LogP contribution in [0.5, 0.6) is 0 Å². The van der Waals surface area contributed by atoms with Gasteiger partial charge in [-0.25, -0.2) is 9.78 Å². The maximum atomic E-state index is 13.2. The van der Waals surface area contributed by atoms with Crippen LogP contribution in [0, 0.1) is 0 Å². The smallest absolute Gasteiger partial charge is 0.320 e. The largest absolute Gasteiger partial charge is 0.324 e. The van der Waals surface area contributed by atoms with Crippen LogP contribution in [0.4, 0.5) is 9.93 Å². The third-order valence-electron chi connectivity index (χ3n) is 8.21. The van der Waals surface area contributed by atoms with E-state index in [4.69, 9.17) is 10.1 Å². The Morgan fingerprint density at radius 1 is 0.972 bits per heavy atom. The van der Waals surface area contributed by atoms with Gasteiger partial charge in [-0.2, -0.15) is 5.10 Å². The number of aromatic nitrogens is 3. The molecule has 6 rings (SSSR count). The molecule has 2 saturated heterocycles. The van der Waals surface area contributed by atoms with E-state index < -0.39 is 0 Å². The van der Waals surface area contributed by atoms with Crippen LogP contribution in [0.2, 0.25) is 0 Å². The van der Waals surface area contributed by atoms with Crippen molar-refractivity contribution in [3.05, 3.63) is 17.0 Å². The molecular weight excluding hydrogens is 474 g/mol. The number of nitrogens with zero attached hydrogens (tertiary/aromatic N) is 6. The molecule has 9 nitrogen and oxygen atoms in total. The summed E-state index contributed by atoms with van der Waals surface area (Å²) in [7, 11) is 0. The van der Waals surface area contributed by atoms with Crippen molar-refractivity contribution in [2.75, 3.05) is 44.6 Å². The fourth-order valence-corrected chi connectivity index (χ4v) is 7.13. The second-order valence-corrected chi connectivity index (χ2v) is 12.0. The van der Waals surface area contributed by atoms with Crippen molar-refractivity contribution >= 4 is 28.4 Å². The SMILES string of the molecule is CC(=O)Nc1nc2c(s1)-c1c(c(C3CC3)nn1C1CCN(C(=O)N3CCN(C(C)C)CC3)CC1)CC2. The van der Waals surface area contributed by atoms with Gasteiger partial charge in [0.15, 0.2) is 5.13 Å². The highest BCUT2D eigenvalue weighted by Gasteiger charge is 2.38. The minimum absolute atomic E-state index is 0.0869. The fourth-order valence-electron chi connectivity index (χ4n) is 6.01. The van der Waals surface area contributed by atoms with Gasteiger partial charge in [-0.3, -0.25) is 14.4 Å². The minimum atomic E-state index is -0.0869. The summed E-state index contributed by atoms with van der Waals surface area (Å²) in [6.07, 6.45) is 6.17.